The van der Waals surface area contributed by atoms with Crippen molar-refractivity contribution in [1.29, 1.82) is 0 Å². The van der Waals surface area contributed by atoms with Crippen LogP contribution < -0.4 is 15.8 Å². The van der Waals surface area contributed by atoms with Crippen LogP contribution in [-0.4, -0.2) is 18.0 Å². The number of hydrogen-bond donors (Lipinski definition) is 2. The Balaban J connectivity index is 2.01. The molecule has 0 fully saturated rings. The smallest absolute Gasteiger partial charge is 0.267 e. The third kappa shape index (κ3) is 2.41. The van der Waals surface area contributed by atoms with Crippen LogP contribution in [0, 0.1) is 0 Å². The number of aromatic nitrogens is 1. The molecule has 0 aliphatic carbocycles. The lowest BCUT2D eigenvalue weighted by atomic mass is 10.2. The van der Waals surface area contributed by atoms with Crippen LogP contribution in [0.4, 0.5) is 11.4 Å². The number of carbonyl (C=O) groups excluding carboxylic acids is 1. The first-order chi connectivity index (χ1) is 10.2. The molecule has 2 heterocycles. The van der Waals surface area contributed by atoms with E-state index >= 15 is 0 Å². The summed E-state index contributed by atoms with van der Waals surface area (Å²) < 4.78 is 5.27. The number of nitrogens with one attached hydrogen (secondary N) is 1. The molecular weight excluding hydrogens is 286 g/mol. The van der Waals surface area contributed by atoms with Crippen molar-refractivity contribution in [2.75, 3.05) is 18.2 Å². The molecule has 3 aromatic rings. The highest BCUT2D eigenvalue weighted by atomic mass is 32.1. The second kappa shape index (κ2) is 5.41. The van der Waals surface area contributed by atoms with E-state index in [4.69, 9.17) is 10.5 Å². The second-order valence-electron chi connectivity index (χ2n) is 4.36. The summed E-state index contributed by atoms with van der Waals surface area (Å²) in [5.41, 5.74) is 7.22. The molecule has 3 N–H and O–H groups in total. The number of nitrogens with zero attached hydrogens (tertiary/aromatic N) is 1. The van der Waals surface area contributed by atoms with Crippen LogP contribution in [-0.2, 0) is 0 Å². The number of hydrogen-bond acceptors (Lipinski definition) is 5. The van der Waals surface area contributed by atoms with Crippen LogP contribution in [0.1, 0.15) is 9.67 Å². The van der Waals surface area contributed by atoms with Crippen molar-refractivity contribution < 1.29 is 9.53 Å². The number of fused-ring (bicyclic) bond motifs is 1. The summed E-state index contributed by atoms with van der Waals surface area (Å²) in [6.07, 6.45) is 1.63. The van der Waals surface area contributed by atoms with Gasteiger partial charge in [0.2, 0.25) is 0 Å². The van der Waals surface area contributed by atoms with Gasteiger partial charge in [0.25, 0.3) is 5.91 Å². The summed E-state index contributed by atoms with van der Waals surface area (Å²) in [6.45, 7) is 0. The van der Waals surface area contributed by atoms with Gasteiger partial charge in [-0.05, 0) is 18.2 Å². The van der Waals surface area contributed by atoms with Crippen molar-refractivity contribution in [3.8, 4) is 5.75 Å². The maximum absolute atomic E-state index is 12.4. The van der Waals surface area contributed by atoms with Crippen LogP contribution in [0.3, 0.4) is 0 Å². The number of pyridine rings is 1. The van der Waals surface area contributed by atoms with E-state index in [-0.39, 0.29) is 5.91 Å². The zero-order chi connectivity index (χ0) is 14.8. The van der Waals surface area contributed by atoms with E-state index in [1.165, 1.54) is 11.3 Å². The quantitative estimate of drug-likeness (QED) is 0.779. The fraction of sp³-hybridized carbons (Fsp3) is 0.0667. The number of para-hydroxylation sites is 1. The molecule has 0 aliphatic rings. The number of nitrogens with two attached hydrogens (primary N) is 1. The minimum Gasteiger partial charge on any atom is -0.496 e. The molecule has 0 spiro atoms. The number of nitrogen functional groups attached to an aromatic ring is 1. The summed E-state index contributed by atoms with van der Waals surface area (Å²) in [6, 6.07) is 11.0. The number of anilines is 2. The lowest BCUT2D eigenvalue weighted by molar-refractivity contribution is 0.103. The third-order valence-corrected chi connectivity index (χ3v) is 4.16. The van der Waals surface area contributed by atoms with E-state index in [0.29, 0.717) is 26.5 Å². The van der Waals surface area contributed by atoms with Gasteiger partial charge in [-0.25, -0.2) is 4.98 Å². The van der Waals surface area contributed by atoms with Gasteiger partial charge in [0, 0.05) is 11.9 Å². The van der Waals surface area contributed by atoms with Gasteiger partial charge in [0.05, 0.1) is 18.2 Å². The zero-order valence-electron chi connectivity index (χ0n) is 11.3. The summed E-state index contributed by atoms with van der Waals surface area (Å²) >= 11 is 1.25. The van der Waals surface area contributed by atoms with Crippen LogP contribution in [0.5, 0.6) is 5.75 Å². The molecule has 6 heteroatoms. The first-order valence-electron chi connectivity index (χ1n) is 6.28. The third-order valence-electron chi connectivity index (χ3n) is 3.05. The zero-order valence-corrected chi connectivity index (χ0v) is 12.1. The minimum atomic E-state index is -0.247. The van der Waals surface area contributed by atoms with Crippen LogP contribution in [0.2, 0.25) is 0 Å². The van der Waals surface area contributed by atoms with Gasteiger partial charge in [-0.2, -0.15) is 0 Å². The molecule has 2 aromatic heterocycles. The molecule has 106 valence electrons. The van der Waals surface area contributed by atoms with Gasteiger partial charge in [-0.15, -0.1) is 11.3 Å². The minimum absolute atomic E-state index is 0.247. The summed E-state index contributed by atoms with van der Waals surface area (Å²) in [5, 5.41) is 3.50. The van der Waals surface area contributed by atoms with Gasteiger partial charge in [0.1, 0.15) is 15.5 Å². The normalized spacial score (nSPS) is 10.5. The molecule has 21 heavy (non-hydrogen) atoms. The second-order valence-corrected chi connectivity index (χ2v) is 5.36. The Morgan fingerprint density at radius 2 is 2.05 bits per heavy atom. The van der Waals surface area contributed by atoms with Crippen molar-refractivity contribution >= 4 is 38.8 Å². The maximum atomic E-state index is 12.4. The average molecular weight is 299 g/mol. The van der Waals surface area contributed by atoms with Crippen LogP contribution >= 0.6 is 11.3 Å². The van der Waals surface area contributed by atoms with E-state index in [1.54, 1.807) is 19.4 Å². The predicted molar refractivity (Wildman–Crippen MR) is 85.0 cm³/mol. The largest absolute Gasteiger partial charge is 0.496 e. The molecule has 0 atom stereocenters. The Labute approximate surface area is 125 Å². The van der Waals surface area contributed by atoms with Crippen molar-refractivity contribution in [2.24, 2.45) is 0 Å². The monoisotopic (exact) mass is 299 g/mol. The van der Waals surface area contributed by atoms with E-state index in [9.17, 15) is 4.79 Å². The van der Waals surface area contributed by atoms with Gasteiger partial charge < -0.3 is 15.8 Å². The van der Waals surface area contributed by atoms with E-state index in [2.05, 4.69) is 10.3 Å². The summed E-state index contributed by atoms with van der Waals surface area (Å²) in [5.74, 6) is 0.372. The maximum Gasteiger partial charge on any atom is 0.267 e. The number of methoxy groups -OCH3 is 1. The molecule has 0 saturated carbocycles. The molecule has 0 radical (unpaired) electrons. The van der Waals surface area contributed by atoms with Gasteiger partial charge >= 0.3 is 0 Å². The van der Waals surface area contributed by atoms with Crippen molar-refractivity contribution in [1.82, 2.24) is 4.98 Å². The van der Waals surface area contributed by atoms with Crippen molar-refractivity contribution in [2.45, 2.75) is 0 Å². The van der Waals surface area contributed by atoms with E-state index in [1.807, 2.05) is 30.3 Å². The highest BCUT2D eigenvalue weighted by Gasteiger charge is 2.19. The van der Waals surface area contributed by atoms with E-state index in [0.717, 1.165) is 5.69 Å². The van der Waals surface area contributed by atoms with Crippen molar-refractivity contribution in [3.05, 3.63) is 47.5 Å². The molecule has 1 amide bonds. The molecular formula is C15H13N3O2S. The standard InChI is InChI=1S/C15H13N3O2S/c1-20-10-7-8-17-15-11(10)12(16)13(21-15)14(19)18-9-5-3-2-4-6-9/h2-8H,16H2,1H3,(H,18,19). The Bertz CT molecular complexity index is 799. The fourth-order valence-electron chi connectivity index (χ4n) is 2.06. The van der Waals surface area contributed by atoms with E-state index < -0.39 is 0 Å². The Kier molecular flexibility index (Phi) is 3.45. The highest BCUT2D eigenvalue weighted by Crippen LogP contribution is 2.38. The summed E-state index contributed by atoms with van der Waals surface area (Å²) in [4.78, 5) is 17.7. The topological polar surface area (TPSA) is 77.2 Å². The molecule has 0 aliphatic heterocycles. The molecule has 1 aromatic carbocycles. The Hall–Kier alpha value is -2.60. The van der Waals surface area contributed by atoms with Gasteiger partial charge in [-0.1, -0.05) is 18.2 Å². The molecule has 3 rings (SSSR count). The lowest BCUT2D eigenvalue weighted by Crippen LogP contribution is -2.11. The number of benzene rings is 1. The number of thiophene rings is 1. The number of ether oxygens (including phenoxy) is 1. The average Bonchev–Trinajstić information content (AvgIpc) is 2.86. The van der Waals surface area contributed by atoms with Crippen LogP contribution in [0.25, 0.3) is 10.2 Å². The molecule has 0 bridgehead atoms. The summed E-state index contributed by atoms with van der Waals surface area (Å²) in [7, 11) is 1.57. The number of amides is 1. The fourth-order valence-corrected chi connectivity index (χ4v) is 3.04. The Morgan fingerprint density at radius 3 is 2.76 bits per heavy atom. The molecule has 0 unspecified atom stereocenters. The van der Waals surface area contributed by atoms with Gasteiger partial charge in [-0.3, -0.25) is 4.79 Å². The molecule has 5 nitrogen and oxygen atoms in total. The first-order valence-corrected chi connectivity index (χ1v) is 7.09. The SMILES string of the molecule is COc1ccnc2sc(C(=O)Nc3ccccc3)c(N)c12. The Morgan fingerprint density at radius 1 is 1.29 bits per heavy atom. The number of rotatable bonds is 3. The lowest BCUT2D eigenvalue weighted by Gasteiger charge is -2.04. The first kappa shape index (κ1) is 13.4. The highest BCUT2D eigenvalue weighted by molar-refractivity contribution is 7.21. The molecule has 0 saturated heterocycles. The number of carbonyl (C=O) groups is 1. The van der Waals surface area contributed by atoms with Gasteiger partial charge in [0.15, 0.2) is 0 Å². The van der Waals surface area contributed by atoms with Crippen molar-refractivity contribution in [3.63, 3.8) is 0 Å². The van der Waals surface area contributed by atoms with Crippen LogP contribution in [0.15, 0.2) is 42.6 Å². The predicted octanol–water partition coefficient (Wildman–Crippen LogP) is 3.14.